The first-order valence-electron chi connectivity index (χ1n) is 10.8. The zero-order chi connectivity index (χ0) is 20.2. The average Bonchev–Trinajstić information content (AvgIpc) is 3.17. The Hall–Kier alpha value is -2.02. The molecule has 1 aromatic carbocycles. The summed E-state index contributed by atoms with van der Waals surface area (Å²) in [7, 11) is 0. The maximum absolute atomic E-state index is 13.0. The molecule has 3 heterocycles. The molecule has 0 spiro atoms. The largest absolute Gasteiger partial charge is 0.341 e. The smallest absolute Gasteiger partial charge is 0.233 e. The summed E-state index contributed by atoms with van der Waals surface area (Å²) in [4.78, 5) is 17.4. The summed E-state index contributed by atoms with van der Waals surface area (Å²) in [6.07, 6.45) is 7.06. The normalized spacial score (nSPS) is 22.7. The Morgan fingerprint density at radius 3 is 2.38 bits per heavy atom. The quantitative estimate of drug-likeness (QED) is 0.690. The second kappa shape index (κ2) is 9.20. The van der Waals surface area contributed by atoms with Crippen LogP contribution in [0.15, 0.2) is 35.5 Å². The first-order chi connectivity index (χ1) is 14.1. The SMILES string of the molecule is C[C@@H]1CCC[C@@H](C)N1C(=O)CSc1nnc(N2CCCCC2)n1-c1ccccc1. The van der Waals surface area contributed by atoms with Crippen LogP contribution in [0.5, 0.6) is 0 Å². The van der Waals surface area contributed by atoms with Crippen molar-refractivity contribution in [2.45, 2.75) is 69.6 Å². The Balaban J connectivity index is 1.55. The van der Waals surface area contributed by atoms with Crippen LogP contribution in [-0.2, 0) is 4.79 Å². The van der Waals surface area contributed by atoms with Gasteiger partial charge in [-0.05, 0) is 64.5 Å². The van der Waals surface area contributed by atoms with Gasteiger partial charge >= 0.3 is 0 Å². The molecule has 2 fully saturated rings. The van der Waals surface area contributed by atoms with E-state index in [9.17, 15) is 4.79 Å². The molecule has 2 aromatic rings. The van der Waals surface area contributed by atoms with Crippen molar-refractivity contribution in [2.75, 3.05) is 23.7 Å². The van der Waals surface area contributed by atoms with Crippen molar-refractivity contribution in [3.63, 3.8) is 0 Å². The lowest BCUT2D eigenvalue weighted by molar-refractivity contribution is -0.134. The van der Waals surface area contributed by atoms with E-state index in [-0.39, 0.29) is 5.91 Å². The minimum atomic E-state index is 0.205. The molecule has 4 rings (SSSR count). The molecule has 0 aliphatic carbocycles. The number of aromatic nitrogens is 3. The van der Waals surface area contributed by atoms with Gasteiger partial charge in [0.15, 0.2) is 5.16 Å². The first-order valence-corrected chi connectivity index (χ1v) is 11.8. The van der Waals surface area contributed by atoms with Crippen LogP contribution in [0, 0.1) is 0 Å². The molecular weight excluding hydrogens is 382 g/mol. The number of piperidine rings is 2. The third-order valence-electron chi connectivity index (χ3n) is 6.08. The minimum Gasteiger partial charge on any atom is -0.341 e. The fourth-order valence-electron chi connectivity index (χ4n) is 4.57. The molecule has 1 amide bonds. The number of rotatable bonds is 5. The molecule has 0 N–H and O–H groups in total. The zero-order valence-electron chi connectivity index (χ0n) is 17.5. The number of amides is 1. The summed E-state index contributed by atoms with van der Waals surface area (Å²) < 4.78 is 2.12. The summed E-state index contributed by atoms with van der Waals surface area (Å²) >= 11 is 1.50. The van der Waals surface area contributed by atoms with Crippen molar-refractivity contribution >= 4 is 23.6 Å². The van der Waals surface area contributed by atoms with Crippen molar-refractivity contribution in [1.82, 2.24) is 19.7 Å². The molecule has 2 saturated heterocycles. The highest BCUT2D eigenvalue weighted by Gasteiger charge is 2.29. The van der Waals surface area contributed by atoms with Gasteiger partial charge < -0.3 is 9.80 Å². The predicted molar refractivity (Wildman–Crippen MR) is 118 cm³/mol. The molecule has 0 bridgehead atoms. The average molecular weight is 414 g/mol. The highest BCUT2D eigenvalue weighted by atomic mass is 32.2. The van der Waals surface area contributed by atoms with Crippen LogP contribution in [0.3, 0.4) is 0 Å². The number of benzene rings is 1. The van der Waals surface area contributed by atoms with Gasteiger partial charge in [0.25, 0.3) is 0 Å². The Bertz CT molecular complexity index is 808. The molecule has 2 aliphatic heterocycles. The summed E-state index contributed by atoms with van der Waals surface area (Å²) in [5, 5.41) is 9.81. The topological polar surface area (TPSA) is 54.3 Å². The fraction of sp³-hybridized carbons (Fsp3) is 0.591. The number of nitrogens with zero attached hydrogens (tertiary/aromatic N) is 5. The van der Waals surface area contributed by atoms with Gasteiger partial charge in [-0.25, -0.2) is 0 Å². The van der Waals surface area contributed by atoms with Gasteiger partial charge in [0, 0.05) is 25.2 Å². The van der Waals surface area contributed by atoms with E-state index in [1.165, 1.54) is 37.4 Å². The number of thioether (sulfide) groups is 1. The molecule has 0 saturated carbocycles. The van der Waals surface area contributed by atoms with E-state index in [4.69, 9.17) is 0 Å². The molecule has 0 radical (unpaired) electrons. The molecule has 1 aromatic heterocycles. The molecule has 7 heteroatoms. The molecule has 29 heavy (non-hydrogen) atoms. The Morgan fingerprint density at radius 2 is 1.69 bits per heavy atom. The highest BCUT2D eigenvalue weighted by molar-refractivity contribution is 7.99. The van der Waals surface area contributed by atoms with Crippen LogP contribution < -0.4 is 4.90 Å². The van der Waals surface area contributed by atoms with E-state index in [1.54, 1.807) is 0 Å². The van der Waals surface area contributed by atoms with E-state index >= 15 is 0 Å². The number of para-hydroxylation sites is 1. The number of carbonyl (C=O) groups excluding carboxylic acids is 1. The first kappa shape index (κ1) is 20.3. The van der Waals surface area contributed by atoms with Crippen molar-refractivity contribution in [2.24, 2.45) is 0 Å². The molecule has 0 unspecified atom stereocenters. The second-order valence-electron chi connectivity index (χ2n) is 8.22. The lowest BCUT2D eigenvalue weighted by atomic mass is 9.98. The van der Waals surface area contributed by atoms with Gasteiger partial charge in [-0.1, -0.05) is 30.0 Å². The van der Waals surface area contributed by atoms with Gasteiger partial charge in [0.05, 0.1) is 11.4 Å². The molecule has 156 valence electrons. The van der Waals surface area contributed by atoms with E-state index < -0.39 is 0 Å². The number of hydrogen-bond acceptors (Lipinski definition) is 5. The van der Waals surface area contributed by atoms with Crippen LogP contribution in [0.4, 0.5) is 5.95 Å². The van der Waals surface area contributed by atoms with Gasteiger partial charge in [-0.3, -0.25) is 9.36 Å². The highest BCUT2D eigenvalue weighted by Crippen LogP contribution is 2.29. The lowest BCUT2D eigenvalue weighted by Gasteiger charge is -2.39. The second-order valence-corrected chi connectivity index (χ2v) is 9.16. The van der Waals surface area contributed by atoms with Crippen LogP contribution in [-0.4, -0.2) is 56.5 Å². The molecular formula is C22H31N5OS. The molecule has 2 aliphatic rings. The standard InChI is InChI=1S/C22H31N5OS/c1-17-10-9-11-18(2)26(17)20(28)16-29-22-24-23-21(25-14-7-4-8-15-25)27(22)19-12-5-3-6-13-19/h3,5-6,12-13,17-18H,4,7-11,14-16H2,1-2H3/t17-,18-/m1/s1. The van der Waals surface area contributed by atoms with Crippen LogP contribution >= 0.6 is 11.8 Å². The van der Waals surface area contributed by atoms with Crippen molar-refractivity contribution < 1.29 is 4.79 Å². The minimum absolute atomic E-state index is 0.205. The van der Waals surface area contributed by atoms with Crippen LogP contribution in [0.25, 0.3) is 5.69 Å². The maximum atomic E-state index is 13.0. The number of carbonyl (C=O) groups is 1. The van der Waals surface area contributed by atoms with E-state index in [1.807, 2.05) is 18.2 Å². The number of hydrogen-bond donors (Lipinski definition) is 0. The third kappa shape index (κ3) is 4.44. The number of likely N-dealkylation sites (tertiary alicyclic amines) is 1. The van der Waals surface area contributed by atoms with E-state index in [0.717, 1.165) is 42.7 Å². The lowest BCUT2D eigenvalue weighted by Crippen LogP contribution is -2.48. The Kier molecular flexibility index (Phi) is 6.43. The third-order valence-corrected chi connectivity index (χ3v) is 6.99. The summed E-state index contributed by atoms with van der Waals surface area (Å²) in [6.45, 7) is 6.35. The fourth-order valence-corrected chi connectivity index (χ4v) is 5.39. The zero-order valence-corrected chi connectivity index (χ0v) is 18.3. The maximum Gasteiger partial charge on any atom is 0.233 e. The number of anilines is 1. The Morgan fingerprint density at radius 1 is 1.00 bits per heavy atom. The van der Waals surface area contributed by atoms with E-state index in [2.05, 4.69) is 50.5 Å². The van der Waals surface area contributed by atoms with E-state index in [0.29, 0.717) is 17.8 Å². The van der Waals surface area contributed by atoms with Crippen LogP contribution in [0.2, 0.25) is 0 Å². The summed E-state index contributed by atoms with van der Waals surface area (Å²) in [6, 6.07) is 10.9. The predicted octanol–water partition coefficient (Wildman–Crippen LogP) is 4.14. The van der Waals surface area contributed by atoms with Crippen molar-refractivity contribution in [1.29, 1.82) is 0 Å². The summed E-state index contributed by atoms with van der Waals surface area (Å²) in [5.74, 6) is 1.50. The Labute approximate surface area is 177 Å². The van der Waals surface area contributed by atoms with Crippen molar-refractivity contribution in [3.05, 3.63) is 30.3 Å². The molecule has 2 atom stereocenters. The van der Waals surface area contributed by atoms with Crippen molar-refractivity contribution in [3.8, 4) is 5.69 Å². The monoisotopic (exact) mass is 413 g/mol. The van der Waals surface area contributed by atoms with Gasteiger partial charge in [0.1, 0.15) is 0 Å². The van der Waals surface area contributed by atoms with Gasteiger partial charge in [-0.2, -0.15) is 0 Å². The van der Waals surface area contributed by atoms with Gasteiger partial charge in [0.2, 0.25) is 11.9 Å². The van der Waals surface area contributed by atoms with Gasteiger partial charge in [-0.15, -0.1) is 10.2 Å². The molecule has 6 nitrogen and oxygen atoms in total. The van der Waals surface area contributed by atoms with Crippen LogP contribution in [0.1, 0.15) is 52.4 Å². The summed E-state index contributed by atoms with van der Waals surface area (Å²) in [5.41, 5.74) is 1.05.